The number of fused-ring (bicyclic) bond motifs is 3. The van der Waals surface area contributed by atoms with E-state index in [4.69, 9.17) is 11.6 Å². The predicted molar refractivity (Wildman–Crippen MR) is 96.0 cm³/mol. The van der Waals surface area contributed by atoms with Crippen molar-refractivity contribution in [3.63, 3.8) is 0 Å². The van der Waals surface area contributed by atoms with Crippen LogP contribution < -0.4 is 10.2 Å². The van der Waals surface area contributed by atoms with Crippen LogP contribution in [0.15, 0.2) is 6.07 Å². The van der Waals surface area contributed by atoms with E-state index in [2.05, 4.69) is 5.32 Å². The first-order chi connectivity index (χ1) is 12.4. The molecule has 2 N–H and O–H groups in total. The minimum Gasteiger partial charge on any atom is -0.387 e. The summed E-state index contributed by atoms with van der Waals surface area (Å²) in [5.41, 5.74) is 1.70. The van der Waals surface area contributed by atoms with Crippen molar-refractivity contribution in [3.8, 4) is 0 Å². The molecule has 3 aliphatic heterocycles. The Labute approximate surface area is 155 Å². The van der Waals surface area contributed by atoms with Crippen LogP contribution in [0.25, 0.3) is 0 Å². The van der Waals surface area contributed by atoms with Gasteiger partial charge in [-0.2, -0.15) is 0 Å². The predicted octanol–water partition coefficient (Wildman–Crippen LogP) is 2.10. The lowest BCUT2D eigenvalue weighted by Crippen LogP contribution is -2.51. The number of nitrogens with one attached hydrogen (secondary N) is 1. The molecule has 4 rings (SSSR count). The van der Waals surface area contributed by atoms with E-state index in [1.54, 1.807) is 9.80 Å². The van der Waals surface area contributed by atoms with E-state index >= 15 is 0 Å². The molecule has 1 aromatic rings. The third-order valence-corrected chi connectivity index (χ3v) is 6.12. The molecule has 0 spiro atoms. The Kier molecular flexibility index (Phi) is 4.31. The SMILES string of the molecule is C[C@H]1C2c3c(N4CCCC4=O)cc(Cl)c(F)c3NC2CCN1C(=O)CO. The number of rotatable bonds is 2. The van der Waals surface area contributed by atoms with E-state index in [1.165, 1.54) is 6.07 Å². The third kappa shape index (κ3) is 2.48. The normalized spacial score (nSPS) is 27.4. The van der Waals surface area contributed by atoms with Crippen LogP contribution in [0.3, 0.4) is 0 Å². The first-order valence-corrected chi connectivity index (χ1v) is 9.31. The molecule has 0 aromatic heterocycles. The second-order valence-corrected chi connectivity index (χ2v) is 7.59. The number of hydrogen-bond donors (Lipinski definition) is 2. The van der Waals surface area contributed by atoms with Gasteiger partial charge < -0.3 is 20.2 Å². The lowest BCUT2D eigenvalue weighted by molar-refractivity contribution is -0.138. The Balaban J connectivity index is 1.83. The molecule has 3 aliphatic rings. The van der Waals surface area contributed by atoms with Gasteiger partial charge in [0.25, 0.3) is 0 Å². The fourth-order valence-corrected chi connectivity index (χ4v) is 4.85. The molecule has 0 saturated carbocycles. The molecule has 0 bridgehead atoms. The molecule has 8 heteroatoms. The number of amides is 2. The summed E-state index contributed by atoms with van der Waals surface area (Å²) in [6.07, 6.45) is 1.87. The number of nitrogens with zero attached hydrogens (tertiary/aromatic N) is 2. The van der Waals surface area contributed by atoms with Gasteiger partial charge in [0.15, 0.2) is 5.82 Å². The summed E-state index contributed by atoms with van der Waals surface area (Å²) < 4.78 is 14.7. The van der Waals surface area contributed by atoms with Gasteiger partial charge in [0.05, 0.1) is 16.4 Å². The molecular weight excluding hydrogens is 361 g/mol. The second kappa shape index (κ2) is 6.39. The number of hydrogen-bond acceptors (Lipinski definition) is 4. The van der Waals surface area contributed by atoms with Crippen molar-refractivity contribution in [1.82, 2.24) is 4.90 Å². The van der Waals surface area contributed by atoms with Crippen molar-refractivity contribution in [2.45, 2.75) is 44.2 Å². The average Bonchev–Trinajstić information content (AvgIpc) is 3.22. The van der Waals surface area contributed by atoms with Gasteiger partial charge in [0.2, 0.25) is 11.8 Å². The zero-order valence-corrected chi connectivity index (χ0v) is 15.2. The van der Waals surface area contributed by atoms with Gasteiger partial charge in [-0.25, -0.2) is 4.39 Å². The van der Waals surface area contributed by atoms with E-state index in [0.717, 1.165) is 12.0 Å². The minimum atomic E-state index is -0.547. The fourth-order valence-electron chi connectivity index (χ4n) is 4.66. The van der Waals surface area contributed by atoms with Crippen molar-refractivity contribution in [2.75, 3.05) is 29.9 Å². The van der Waals surface area contributed by atoms with Gasteiger partial charge in [-0.3, -0.25) is 9.59 Å². The number of carbonyl (C=O) groups is 2. The molecule has 2 saturated heterocycles. The van der Waals surface area contributed by atoms with E-state index in [9.17, 15) is 19.1 Å². The maximum Gasteiger partial charge on any atom is 0.248 e. The van der Waals surface area contributed by atoms with Gasteiger partial charge >= 0.3 is 0 Å². The number of anilines is 2. The van der Waals surface area contributed by atoms with Crippen LogP contribution in [0.1, 0.15) is 37.7 Å². The number of halogens is 2. The lowest BCUT2D eigenvalue weighted by atomic mass is 9.82. The molecule has 26 heavy (non-hydrogen) atoms. The Morgan fingerprint density at radius 1 is 1.46 bits per heavy atom. The molecular formula is C18H21ClFN3O3. The van der Waals surface area contributed by atoms with Crippen LogP contribution in [0.5, 0.6) is 0 Å². The maximum absolute atomic E-state index is 14.7. The smallest absolute Gasteiger partial charge is 0.248 e. The molecule has 3 heterocycles. The number of piperidine rings is 1. The molecule has 140 valence electrons. The first-order valence-electron chi connectivity index (χ1n) is 8.93. The van der Waals surface area contributed by atoms with Gasteiger partial charge in [0, 0.05) is 43.1 Å². The highest BCUT2D eigenvalue weighted by Gasteiger charge is 2.46. The van der Waals surface area contributed by atoms with Gasteiger partial charge in [0.1, 0.15) is 6.61 Å². The summed E-state index contributed by atoms with van der Waals surface area (Å²) in [6.45, 7) is 2.44. The zero-order chi connectivity index (χ0) is 18.6. The van der Waals surface area contributed by atoms with Crippen LogP contribution in [-0.4, -0.2) is 53.6 Å². The van der Waals surface area contributed by atoms with Crippen molar-refractivity contribution >= 4 is 34.8 Å². The van der Waals surface area contributed by atoms with Crippen LogP contribution in [0.4, 0.5) is 15.8 Å². The standard InChI is InChI=1S/C18H21ClFN3O3/c1-9-15-11(4-6-22(9)14(26)8-24)21-18-16(15)12(7-10(19)17(18)20)23-5-2-3-13(23)25/h7,9,11,15,21,24H,2-6,8H2,1H3/t9-,11?,15?/m0/s1. The van der Waals surface area contributed by atoms with E-state index < -0.39 is 12.4 Å². The Morgan fingerprint density at radius 3 is 2.88 bits per heavy atom. The molecule has 3 atom stereocenters. The van der Waals surface area contributed by atoms with Gasteiger partial charge in [-0.1, -0.05) is 11.6 Å². The van der Waals surface area contributed by atoms with Crippen molar-refractivity contribution in [3.05, 3.63) is 22.5 Å². The molecule has 6 nitrogen and oxygen atoms in total. The monoisotopic (exact) mass is 381 g/mol. The second-order valence-electron chi connectivity index (χ2n) is 7.18. The van der Waals surface area contributed by atoms with Gasteiger partial charge in [-0.15, -0.1) is 0 Å². The Bertz CT molecular complexity index is 787. The minimum absolute atomic E-state index is 0.00470. The van der Waals surface area contributed by atoms with Crippen LogP contribution >= 0.6 is 11.6 Å². The van der Waals surface area contributed by atoms with E-state index in [-0.39, 0.29) is 34.8 Å². The van der Waals surface area contributed by atoms with Crippen LogP contribution in [0, 0.1) is 5.82 Å². The molecule has 0 radical (unpaired) electrons. The summed E-state index contributed by atoms with van der Waals surface area (Å²) in [7, 11) is 0. The van der Waals surface area contributed by atoms with Gasteiger partial charge in [-0.05, 0) is 25.8 Å². The number of aliphatic hydroxyl groups excluding tert-OH is 1. The molecule has 2 unspecified atom stereocenters. The molecule has 2 amide bonds. The zero-order valence-electron chi connectivity index (χ0n) is 14.5. The highest BCUT2D eigenvalue weighted by atomic mass is 35.5. The maximum atomic E-state index is 14.7. The Morgan fingerprint density at radius 2 is 2.23 bits per heavy atom. The van der Waals surface area contributed by atoms with Crippen molar-refractivity contribution in [1.29, 1.82) is 0 Å². The van der Waals surface area contributed by atoms with Crippen molar-refractivity contribution < 1.29 is 19.1 Å². The van der Waals surface area contributed by atoms with Crippen LogP contribution in [-0.2, 0) is 9.59 Å². The summed E-state index contributed by atoms with van der Waals surface area (Å²) in [4.78, 5) is 27.7. The Hall–Kier alpha value is -1.86. The fraction of sp³-hybridized carbons (Fsp3) is 0.556. The summed E-state index contributed by atoms with van der Waals surface area (Å²) in [6, 6.07) is 1.27. The summed E-state index contributed by atoms with van der Waals surface area (Å²) in [5, 5.41) is 12.5. The number of benzene rings is 1. The highest BCUT2D eigenvalue weighted by molar-refractivity contribution is 6.31. The summed E-state index contributed by atoms with van der Waals surface area (Å²) >= 11 is 6.11. The number of likely N-dealkylation sites (tertiary alicyclic amines) is 1. The largest absolute Gasteiger partial charge is 0.387 e. The topological polar surface area (TPSA) is 72.9 Å². The van der Waals surface area contributed by atoms with Crippen molar-refractivity contribution in [2.24, 2.45) is 0 Å². The van der Waals surface area contributed by atoms with Crippen LogP contribution in [0.2, 0.25) is 5.02 Å². The lowest BCUT2D eigenvalue weighted by Gasteiger charge is -2.41. The number of carbonyl (C=O) groups excluding carboxylic acids is 2. The molecule has 2 fully saturated rings. The molecule has 1 aromatic carbocycles. The van der Waals surface area contributed by atoms with E-state index in [1.807, 2.05) is 6.92 Å². The quantitative estimate of drug-likeness (QED) is 0.822. The third-order valence-electron chi connectivity index (χ3n) is 5.85. The average molecular weight is 382 g/mol. The highest BCUT2D eigenvalue weighted by Crippen LogP contribution is 2.51. The summed E-state index contributed by atoms with van der Waals surface area (Å²) in [5.74, 6) is -1.01. The number of aliphatic hydroxyl groups is 1. The molecule has 0 aliphatic carbocycles. The first kappa shape index (κ1) is 17.5. The van der Waals surface area contributed by atoms with E-state index in [0.29, 0.717) is 37.3 Å².